The summed E-state index contributed by atoms with van der Waals surface area (Å²) in [5.41, 5.74) is 0.00769. The summed E-state index contributed by atoms with van der Waals surface area (Å²) in [6.45, 7) is 14.6. The summed E-state index contributed by atoms with van der Waals surface area (Å²) in [5.74, 6) is 0. The summed E-state index contributed by atoms with van der Waals surface area (Å²) in [4.78, 5) is 0. The maximum absolute atomic E-state index is 10.5. The van der Waals surface area contributed by atoms with Gasteiger partial charge in [-0.2, -0.15) is 0 Å². The lowest BCUT2D eigenvalue weighted by Crippen LogP contribution is -2.55. The Balaban J connectivity index is 2.88. The highest BCUT2D eigenvalue weighted by molar-refractivity contribution is 6.74. The van der Waals surface area contributed by atoms with Gasteiger partial charge < -0.3 is 14.6 Å². The highest BCUT2D eigenvalue weighted by Crippen LogP contribution is 2.41. The van der Waals surface area contributed by atoms with Crippen LogP contribution in [0.4, 0.5) is 0 Å². The SMILES string of the molecule is C=C1CCC(O)(CO)C(O[Si](C)(C)C(C)(C)C)C1. The van der Waals surface area contributed by atoms with Gasteiger partial charge in [0.2, 0.25) is 0 Å². The van der Waals surface area contributed by atoms with Gasteiger partial charge in [-0.3, -0.25) is 0 Å². The molecule has 1 aliphatic carbocycles. The number of aliphatic hydroxyl groups excluding tert-OH is 1. The van der Waals surface area contributed by atoms with Crippen LogP contribution in [0.15, 0.2) is 12.2 Å². The first-order valence-electron chi connectivity index (χ1n) is 6.69. The molecule has 0 heterocycles. The molecule has 2 unspecified atom stereocenters. The molecular formula is C14H28O3Si. The molecule has 1 aliphatic rings. The third-order valence-corrected chi connectivity index (χ3v) is 8.99. The zero-order valence-electron chi connectivity index (χ0n) is 12.4. The molecule has 0 aromatic rings. The summed E-state index contributed by atoms with van der Waals surface area (Å²) >= 11 is 0. The fourth-order valence-electron chi connectivity index (χ4n) is 1.97. The molecule has 0 bridgehead atoms. The minimum absolute atomic E-state index is 0.0994. The van der Waals surface area contributed by atoms with Gasteiger partial charge in [0.05, 0.1) is 12.7 Å². The normalized spacial score (nSPS) is 30.6. The highest BCUT2D eigenvalue weighted by Gasteiger charge is 2.46. The largest absolute Gasteiger partial charge is 0.411 e. The van der Waals surface area contributed by atoms with Gasteiger partial charge in [0, 0.05) is 0 Å². The summed E-state index contributed by atoms with van der Waals surface area (Å²) < 4.78 is 6.29. The summed E-state index contributed by atoms with van der Waals surface area (Å²) in [7, 11) is -1.94. The predicted octanol–water partition coefficient (Wildman–Crippen LogP) is 2.84. The van der Waals surface area contributed by atoms with Crippen molar-refractivity contribution in [3.05, 3.63) is 12.2 Å². The maximum atomic E-state index is 10.5. The van der Waals surface area contributed by atoms with E-state index in [1.54, 1.807) is 0 Å². The molecule has 2 atom stereocenters. The fraction of sp³-hybridized carbons (Fsp3) is 0.857. The first kappa shape index (κ1) is 15.9. The van der Waals surface area contributed by atoms with Crippen molar-refractivity contribution in [3.63, 3.8) is 0 Å². The number of rotatable bonds is 3. The van der Waals surface area contributed by atoms with Crippen LogP contribution in [0.3, 0.4) is 0 Å². The molecule has 0 aromatic carbocycles. The number of hydrogen-bond acceptors (Lipinski definition) is 3. The van der Waals surface area contributed by atoms with Crippen molar-refractivity contribution in [3.8, 4) is 0 Å². The Kier molecular flexibility index (Phi) is 4.48. The van der Waals surface area contributed by atoms with Gasteiger partial charge in [-0.1, -0.05) is 32.9 Å². The minimum atomic E-state index is -1.94. The van der Waals surface area contributed by atoms with Crippen LogP contribution in [-0.4, -0.2) is 36.8 Å². The molecule has 3 nitrogen and oxygen atoms in total. The Morgan fingerprint density at radius 2 is 2.00 bits per heavy atom. The van der Waals surface area contributed by atoms with E-state index < -0.39 is 13.9 Å². The molecule has 0 aromatic heterocycles. The molecule has 0 saturated heterocycles. The Morgan fingerprint density at radius 1 is 1.44 bits per heavy atom. The van der Waals surface area contributed by atoms with E-state index >= 15 is 0 Å². The molecule has 1 fully saturated rings. The Hall–Kier alpha value is -0.163. The van der Waals surface area contributed by atoms with Gasteiger partial charge in [-0.15, -0.1) is 0 Å². The molecule has 0 spiro atoms. The van der Waals surface area contributed by atoms with Crippen molar-refractivity contribution >= 4 is 8.32 Å². The Labute approximate surface area is 112 Å². The van der Waals surface area contributed by atoms with Crippen molar-refractivity contribution < 1.29 is 14.6 Å². The monoisotopic (exact) mass is 272 g/mol. The van der Waals surface area contributed by atoms with Crippen LogP contribution in [0.5, 0.6) is 0 Å². The predicted molar refractivity (Wildman–Crippen MR) is 77.1 cm³/mol. The second kappa shape index (κ2) is 5.08. The molecule has 0 radical (unpaired) electrons. The quantitative estimate of drug-likeness (QED) is 0.613. The fourth-order valence-corrected chi connectivity index (χ4v) is 3.34. The van der Waals surface area contributed by atoms with Gasteiger partial charge in [0.25, 0.3) is 0 Å². The number of hydrogen-bond donors (Lipinski definition) is 2. The van der Waals surface area contributed by atoms with E-state index in [0.29, 0.717) is 12.8 Å². The van der Waals surface area contributed by atoms with Gasteiger partial charge in [0.15, 0.2) is 8.32 Å². The lowest BCUT2D eigenvalue weighted by atomic mass is 9.81. The number of aliphatic hydroxyl groups is 2. The maximum Gasteiger partial charge on any atom is 0.192 e. The van der Waals surface area contributed by atoms with E-state index in [-0.39, 0.29) is 17.7 Å². The molecule has 0 aliphatic heterocycles. The third kappa shape index (κ3) is 3.23. The molecule has 4 heteroatoms. The molecule has 0 amide bonds. The van der Waals surface area contributed by atoms with Crippen molar-refractivity contribution in [2.24, 2.45) is 0 Å². The van der Waals surface area contributed by atoms with Crippen molar-refractivity contribution in [2.45, 2.75) is 69.9 Å². The highest BCUT2D eigenvalue weighted by atomic mass is 28.4. The first-order valence-corrected chi connectivity index (χ1v) is 9.60. The van der Waals surface area contributed by atoms with Crippen molar-refractivity contribution in [1.82, 2.24) is 0 Å². The molecule has 1 saturated carbocycles. The van der Waals surface area contributed by atoms with Gasteiger partial charge in [-0.25, -0.2) is 0 Å². The Morgan fingerprint density at radius 3 is 2.44 bits per heavy atom. The van der Waals surface area contributed by atoms with E-state index in [2.05, 4.69) is 40.4 Å². The zero-order valence-corrected chi connectivity index (χ0v) is 13.4. The molecule has 18 heavy (non-hydrogen) atoms. The first-order chi connectivity index (χ1) is 8.02. The average molecular weight is 272 g/mol. The van der Waals surface area contributed by atoms with Crippen molar-refractivity contribution in [2.75, 3.05) is 6.61 Å². The van der Waals surface area contributed by atoms with Crippen LogP contribution in [-0.2, 0) is 4.43 Å². The van der Waals surface area contributed by atoms with E-state index in [9.17, 15) is 10.2 Å². The van der Waals surface area contributed by atoms with Crippen LogP contribution in [0, 0.1) is 0 Å². The van der Waals surface area contributed by atoms with Gasteiger partial charge in [0.1, 0.15) is 5.60 Å². The summed E-state index contributed by atoms with van der Waals surface area (Å²) in [5, 5.41) is 20.1. The van der Waals surface area contributed by atoms with E-state index in [1.165, 1.54) is 0 Å². The molecule has 1 rings (SSSR count). The average Bonchev–Trinajstić information content (AvgIpc) is 2.22. The topological polar surface area (TPSA) is 49.7 Å². The third-order valence-electron chi connectivity index (χ3n) is 4.50. The summed E-state index contributed by atoms with van der Waals surface area (Å²) in [6.07, 6.45) is 1.66. The van der Waals surface area contributed by atoms with Crippen LogP contribution >= 0.6 is 0 Å². The van der Waals surface area contributed by atoms with Gasteiger partial charge in [-0.05, 0) is 37.4 Å². The lowest BCUT2D eigenvalue weighted by Gasteiger charge is -2.46. The second-order valence-electron chi connectivity index (χ2n) is 7.08. The van der Waals surface area contributed by atoms with Crippen LogP contribution in [0.1, 0.15) is 40.0 Å². The lowest BCUT2D eigenvalue weighted by molar-refractivity contribution is -0.111. The molecular weight excluding hydrogens is 244 g/mol. The molecule has 106 valence electrons. The Bertz CT molecular complexity index is 319. The molecule has 2 N–H and O–H groups in total. The van der Waals surface area contributed by atoms with Crippen molar-refractivity contribution in [1.29, 1.82) is 0 Å². The minimum Gasteiger partial charge on any atom is -0.411 e. The summed E-state index contributed by atoms with van der Waals surface area (Å²) in [6, 6.07) is 0. The van der Waals surface area contributed by atoms with Gasteiger partial charge >= 0.3 is 0 Å². The standard InChI is InChI=1S/C14H28O3Si/c1-11-7-8-14(16,10-15)12(9-11)17-18(5,6)13(2,3)4/h12,15-16H,1,7-10H2,2-6H3. The smallest absolute Gasteiger partial charge is 0.192 e. The van der Waals surface area contributed by atoms with Crippen LogP contribution in [0.25, 0.3) is 0 Å². The van der Waals surface area contributed by atoms with Crippen LogP contribution in [0.2, 0.25) is 18.1 Å². The zero-order chi connectivity index (χ0) is 14.2. The van der Waals surface area contributed by atoms with E-state index in [0.717, 1.165) is 12.0 Å². The van der Waals surface area contributed by atoms with E-state index in [1.807, 2.05) is 0 Å². The second-order valence-corrected chi connectivity index (χ2v) is 11.8. The van der Waals surface area contributed by atoms with E-state index in [4.69, 9.17) is 4.43 Å². The van der Waals surface area contributed by atoms with Crippen LogP contribution < -0.4 is 0 Å².